The van der Waals surface area contributed by atoms with Gasteiger partial charge >= 0.3 is 6.36 Å². The first-order chi connectivity index (χ1) is 10.8. The number of aromatic nitrogens is 1. The molecule has 0 amide bonds. The fraction of sp³-hybridized carbons (Fsp3) is 0.267. The van der Waals surface area contributed by atoms with E-state index in [4.69, 9.17) is 5.73 Å². The molecule has 0 aliphatic carbocycles. The summed E-state index contributed by atoms with van der Waals surface area (Å²) in [5, 5.41) is 3.13. The molecule has 23 heavy (non-hydrogen) atoms. The van der Waals surface area contributed by atoms with Gasteiger partial charge in [-0.1, -0.05) is 6.07 Å². The molecule has 0 radical (unpaired) electrons. The first-order valence-electron chi connectivity index (χ1n) is 6.84. The van der Waals surface area contributed by atoms with Crippen molar-refractivity contribution in [3.05, 3.63) is 53.6 Å². The van der Waals surface area contributed by atoms with Crippen LogP contribution in [0.25, 0.3) is 0 Å². The number of halogens is 4. The molecule has 122 valence electrons. The summed E-state index contributed by atoms with van der Waals surface area (Å²) in [6.45, 7) is 0.539. The Morgan fingerprint density at radius 1 is 1.26 bits per heavy atom. The first kappa shape index (κ1) is 15.5. The summed E-state index contributed by atoms with van der Waals surface area (Å²) in [7, 11) is 0. The maximum atomic E-state index is 14.0. The molecule has 1 unspecified atom stereocenters. The van der Waals surface area contributed by atoms with Crippen LogP contribution in [0.3, 0.4) is 0 Å². The number of hydrogen-bond donors (Lipinski definition) is 2. The van der Waals surface area contributed by atoms with Gasteiger partial charge in [0.25, 0.3) is 0 Å². The molecule has 0 spiro atoms. The Morgan fingerprint density at radius 3 is 2.74 bits per heavy atom. The van der Waals surface area contributed by atoms with Crippen molar-refractivity contribution in [1.29, 1.82) is 0 Å². The molecular formula is C15H13F4N3O. The molecular weight excluding hydrogens is 314 g/mol. The average molecular weight is 327 g/mol. The molecule has 8 heteroatoms. The molecule has 0 fully saturated rings. The van der Waals surface area contributed by atoms with E-state index in [0.29, 0.717) is 24.2 Å². The van der Waals surface area contributed by atoms with E-state index < -0.39 is 23.5 Å². The number of pyridine rings is 1. The average Bonchev–Trinajstić information content (AvgIpc) is 2.48. The second-order valence-electron chi connectivity index (χ2n) is 5.24. The third-order valence-corrected chi connectivity index (χ3v) is 3.74. The van der Waals surface area contributed by atoms with Crippen LogP contribution in [0.15, 0.2) is 36.5 Å². The summed E-state index contributed by atoms with van der Waals surface area (Å²) < 4.78 is 54.2. The summed E-state index contributed by atoms with van der Waals surface area (Å²) in [6.07, 6.45) is -2.97. The molecule has 1 aliphatic heterocycles. The number of anilines is 1. The Balaban J connectivity index is 2.01. The van der Waals surface area contributed by atoms with Crippen molar-refractivity contribution in [3.8, 4) is 5.75 Å². The smallest absolute Gasteiger partial charge is 0.403 e. The number of fused-ring (bicyclic) bond motifs is 1. The highest BCUT2D eigenvalue weighted by Crippen LogP contribution is 2.38. The molecule has 3 N–H and O–H groups in total. The van der Waals surface area contributed by atoms with E-state index >= 15 is 0 Å². The van der Waals surface area contributed by atoms with Crippen LogP contribution in [0.5, 0.6) is 5.75 Å². The summed E-state index contributed by atoms with van der Waals surface area (Å²) >= 11 is 0. The van der Waals surface area contributed by atoms with Gasteiger partial charge in [0.15, 0.2) is 11.6 Å². The van der Waals surface area contributed by atoms with Crippen LogP contribution >= 0.6 is 0 Å². The number of benzene rings is 1. The molecule has 2 heterocycles. The number of hydrogen-bond acceptors (Lipinski definition) is 4. The second kappa shape index (κ2) is 5.38. The fourth-order valence-electron chi connectivity index (χ4n) is 2.68. The number of nitrogens with two attached hydrogens (primary N) is 1. The number of nitrogens with one attached hydrogen (secondary N) is 1. The molecule has 4 nitrogen and oxygen atoms in total. The van der Waals surface area contributed by atoms with Gasteiger partial charge in [0.05, 0.1) is 16.9 Å². The van der Waals surface area contributed by atoms with Gasteiger partial charge in [0, 0.05) is 12.7 Å². The lowest BCUT2D eigenvalue weighted by Gasteiger charge is -2.35. The highest BCUT2D eigenvalue weighted by molar-refractivity contribution is 5.56. The molecule has 1 aromatic carbocycles. The molecule has 0 saturated heterocycles. The van der Waals surface area contributed by atoms with Gasteiger partial charge in [0.1, 0.15) is 0 Å². The number of alkyl halides is 3. The van der Waals surface area contributed by atoms with Crippen LogP contribution in [0.1, 0.15) is 17.7 Å². The van der Waals surface area contributed by atoms with Crippen LogP contribution < -0.4 is 15.8 Å². The van der Waals surface area contributed by atoms with E-state index in [9.17, 15) is 17.6 Å². The minimum atomic E-state index is -4.95. The summed E-state index contributed by atoms with van der Waals surface area (Å²) in [6, 6.07) is 6.75. The van der Waals surface area contributed by atoms with Crippen LogP contribution in [0.4, 0.5) is 23.2 Å². The quantitative estimate of drug-likeness (QED) is 0.832. The largest absolute Gasteiger partial charge is 0.573 e. The first-order valence-corrected chi connectivity index (χ1v) is 6.84. The van der Waals surface area contributed by atoms with E-state index in [1.165, 1.54) is 6.07 Å². The SMILES string of the molecule is NC1(c2ccc(OC(F)(F)F)c(F)c2)CCNc2cccnc21. The molecule has 1 aromatic heterocycles. The highest BCUT2D eigenvalue weighted by Gasteiger charge is 2.37. The third kappa shape index (κ3) is 2.94. The fourth-order valence-corrected chi connectivity index (χ4v) is 2.68. The van der Waals surface area contributed by atoms with Gasteiger partial charge in [-0.3, -0.25) is 4.98 Å². The Kier molecular flexibility index (Phi) is 3.63. The summed E-state index contributed by atoms with van der Waals surface area (Å²) in [4.78, 5) is 4.24. The van der Waals surface area contributed by atoms with Crippen molar-refractivity contribution in [2.45, 2.75) is 18.3 Å². The van der Waals surface area contributed by atoms with Gasteiger partial charge in [-0.15, -0.1) is 13.2 Å². The summed E-state index contributed by atoms with van der Waals surface area (Å²) in [5.74, 6) is -2.01. The third-order valence-electron chi connectivity index (χ3n) is 3.74. The van der Waals surface area contributed by atoms with Gasteiger partial charge in [-0.05, 0) is 36.2 Å². The van der Waals surface area contributed by atoms with E-state index in [2.05, 4.69) is 15.0 Å². The lowest BCUT2D eigenvalue weighted by atomic mass is 9.81. The lowest BCUT2D eigenvalue weighted by molar-refractivity contribution is -0.275. The van der Waals surface area contributed by atoms with Crippen LogP contribution in [-0.4, -0.2) is 17.9 Å². The van der Waals surface area contributed by atoms with Crippen LogP contribution in [0, 0.1) is 5.82 Å². The molecule has 3 rings (SSSR count). The van der Waals surface area contributed by atoms with Crippen molar-refractivity contribution in [2.24, 2.45) is 5.73 Å². The van der Waals surface area contributed by atoms with E-state index in [1.54, 1.807) is 18.3 Å². The number of nitrogens with zero attached hydrogens (tertiary/aromatic N) is 1. The van der Waals surface area contributed by atoms with E-state index in [-0.39, 0.29) is 0 Å². The predicted molar refractivity (Wildman–Crippen MR) is 75.4 cm³/mol. The van der Waals surface area contributed by atoms with Crippen molar-refractivity contribution in [1.82, 2.24) is 4.98 Å². The minimum Gasteiger partial charge on any atom is -0.403 e. The van der Waals surface area contributed by atoms with Gasteiger partial charge in [-0.2, -0.15) is 0 Å². The van der Waals surface area contributed by atoms with Gasteiger partial charge in [-0.25, -0.2) is 4.39 Å². The molecule has 1 aliphatic rings. The van der Waals surface area contributed by atoms with Crippen LogP contribution in [-0.2, 0) is 5.54 Å². The zero-order chi connectivity index (χ0) is 16.7. The highest BCUT2D eigenvalue weighted by atomic mass is 19.4. The second-order valence-corrected chi connectivity index (χ2v) is 5.24. The molecule has 0 saturated carbocycles. The van der Waals surface area contributed by atoms with Crippen molar-refractivity contribution in [2.75, 3.05) is 11.9 Å². The maximum absolute atomic E-state index is 14.0. The standard InChI is InChI=1S/C15H13F4N3O/c16-10-8-9(3-4-12(10)23-15(17,18)19)14(20)5-7-21-11-2-1-6-22-13(11)14/h1-4,6,8,21H,5,7,20H2. The normalized spacial score (nSPS) is 20.6. The summed E-state index contributed by atoms with van der Waals surface area (Å²) in [5.41, 5.74) is 6.90. The Hall–Kier alpha value is -2.35. The van der Waals surface area contributed by atoms with Gasteiger partial charge in [0.2, 0.25) is 0 Å². The van der Waals surface area contributed by atoms with Gasteiger partial charge < -0.3 is 15.8 Å². The maximum Gasteiger partial charge on any atom is 0.573 e. The van der Waals surface area contributed by atoms with E-state index in [0.717, 1.165) is 17.8 Å². The molecule has 2 aromatic rings. The number of ether oxygens (including phenoxy) is 1. The Morgan fingerprint density at radius 2 is 2.04 bits per heavy atom. The topological polar surface area (TPSA) is 60.2 Å². The van der Waals surface area contributed by atoms with Crippen LogP contribution in [0.2, 0.25) is 0 Å². The predicted octanol–water partition coefficient (Wildman–Crippen LogP) is 3.14. The number of rotatable bonds is 2. The zero-order valence-electron chi connectivity index (χ0n) is 11.8. The molecule has 0 bridgehead atoms. The van der Waals surface area contributed by atoms with Crippen molar-refractivity contribution < 1.29 is 22.3 Å². The Bertz CT molecular complexity index is 735. The van der Waals surface area contributed by atoms with Crippen molar-refractivity contribution in [3.63, 3.8) is 0 Å². The van der Waals surface area contributed by atoms with Crippen molar-refractivity contribution >= 4 is 5.69 Å². The van der Waals surface area contributed by atoms with E-state index in [1.807, 2.05) is 0 Å². The molecule has 1 atom stereocenters. The zero-order valence-corrected chi connectivity index (χ0v) is 11.8. The minimum absolute atomic E-state index is 0.339. The lowest BCUT2D eigenvalue weighted by Crippen LogP contribution is -2.44. The monoisotopic (exact) mass is 327 g/mol. The Labute approximate surface area is 129 Å².